The summed E-state index contributed by atoms with van der Waals surface area (Å²) in [5.74, 6) is -0.584. The van der Waals surface area contributed by atoms with Crippen molar-refractivity contribution in [1.29, 1.82) is 0 Å². The maximum atomic E-state index is 13.6. The molecule has 1 aliphatic heterocycles. The number of para-hydroxylation sites is 1. The SMILES string of the molecule is CC1CCN(C(=O)C(C)(C)C(=O)Nc2ccccc2F)CC1. The second kappa shape index (κ2) is 6.46. The standard InChI is InChI=1S/C17H23FN2O2/c1-12-8-10-20(11-9-12)16(22)17(2,3)15(21)19-14-7-5-4-6-13(14)18/h4-7,12H,8-11H2,1-3H3,(H,19,21). The molecule has 1 aromatic carbocycles. The molecule has 0 unspecified atom stereocenters. The van der Waals surface area contributed by atoms with Crippen LogP contribution >= 0.6 is 0 Å². The van der Waals surface area contributed by atoms with E-state index in [4.69, 9.17) is 0 Å². The molecule has 0 aromatic heterocycles. The van der Waals surface area contributed by atoms with Crippen LogP contribution in [0.4, 0.5) is 10.1 Å². The summed E-state index contributed by atoms with van der Waals surface area (Å²) in [6.07, 6.45) is 1.91. The highest BCUT2D eigenvalue weighted by atomic mass is 19.1. The van der Waals surface area contributed by atoms with Crippen molar-refractivity contribution in [3.05, 3.63) is 30.1 Å². The van der Waals surface area contributed by atoms with E-state index in [1.54, 1.807) is 30.9 Å². The highest BCUT2D eigenvalue weighted by Crippen LogP contribution is 2.26. The number of hydrogen-bond donors (Lipinski definition) is 1. The van der Waals surface area contributed by atoms with E-state index >= 15 is 0 Å². The Balaban J connectivity index is 2.07. The van der Waals surface area contributed by atoms with Crippen LogP contribution in [0.15, 0.2) is 24.3 Å². The van der Waals surface area contributed by atoms with Gasteiger partial charge >= 0.3 is 0 Å². The molecule has 1 heterocycles. The van der Waals surface area contributed by atoms with E-state index in [9.17, 15) is 14.0 Å². The Morgan fingerprint density at radius 2 is 1.82 bits per heavy atom. The molecule has 0 radical (unpaired) electrons. The van der Waals surface area contributed by atoms with Crippen LogP contribution in [0.2, 0.25) is 0 Å². The number of rotatable bonds is 3. The Morgan fingerprint density at radius 1 is 1.23 bits per heavy atom. The van der Waals surface area contributed by atoms with Gasteiger partial charge in [-0.15, -0.1) is 0 Å². The third-order valence-electron chi connectivity index (χ3n) is 4.30. The molecule has 4 nitrogen and oxygen atoms in total. The monoisotopic (exact) mass is 306 g/mol. The number of nitrogens with zero attached hydrogens (tertiary/aromatic N) is 1. The fourth-order valence-corrected chi connectivity index (χ4v) is 2.55. The number of carbonyl (C=O) groups is 2. The molecule has 2 amide bonds. The summed E-state index contributed by atoms with van der Waals surface area (Å²) in [6, 6.07) is 5.95. The van der Waals surface area contributed by atoms with E-state index in [1.165, 1.54) is 12.1 Å². The van der Waals surface area contributed by atoms with Crippen LogP contribution in [0, 0.1) is 17.2 Å². The van der Waals surface area contributed by atoms with Gasteiger partial charge in [0.2, 0.25) is 11.8 Å². The van der Waals surface area contributed by atoms with E-state index in [-0.39, 0.29) is 11.6 Å². The van der Waals surface area contributed by atoms with Gasteiger partial charge in [-0.25, -0.2) is 4.39 Å². The van der Waals surface area contributed by atoms with Crippen molar-refractivity contribution in [1.82, 2.24) is 4.90 Å². The van der Waals surface area contributed by atoms with E-state index in [0.717, 1.165) is 12.8 Å². The number of likely N-dealkylation sites (tertiary alicyclic amines) is 1. The van der Waals surface area contributed by atoms with E-state index in [2.05, 4.69) is 12.2 Å². The van der Waals surface area contributed by atoms with Gasteiger partial charge in [-0.2, -0.15) is 0 Å². The number of halogens is 1. The number of amides is 2. The van der Waals surface area contributed by atoms with Gasteiger partial charge in [-0.1, -0.05) is 19.1 Å². The zero-order chi connectivity index (χ0) is 16.3. The number of piperidine rings is 1. The van der Waals surface area contributed by atoms with E-state index in [1.807, 2.05) is 0 Å². The Morgan fingerprint density at radius 3 is 2.41 bits per heavy atom. The fraction of sp³-hybridized carbons (Fsp3) is 0.529. The van der Waals surface area contributed by atoms with Crippen LogP contribution in [0.5, 0.6) is 0 Å². The van der Waals surface area contributed by atoms with Gasteiger partial charge in [0.05, 0.1) is 5.69 Å². The van der Waals surface area contributed by atoms with Crippen LogP contribution in [0.1, 0.15) is 33.6 Å². The molecule has 0 aliphatic carbocycles. The lowest BCUT2D eigenvalue weighted by Crippen LogP contribution is -2.49. The first-order valence-electron chi connectivity index (χ1n) is 7.67. The summed E-state index contributed by atoms with van der Waals surface area (Å²) in [5.41, 5.74) is -1.12. The molecule has 1 aliphatic rings. The number of nitrogens with one attached hydrogen (secondary N) is 1. The van der Waals surface area contributed by atoms with Crippen molar-refractivity contribution < 1.29 is 14.0 Å². The summed E-state index contributed by atoms with van der Waals surface area (Å²) in [6.45, 7) is 6.69. The predicted molar refractivity (Wildman–Crippen MR) is 83.8 cm³/mol. The quantitative estimate of drug-likeness (QED) is 0.873. The molecule has 0 bridgehead atoms. The second-order valence-electron chi connectivity index (χ2n) is 6.53. The third kappa shape index (κ3) is 3.46. The van der Waals surface area contributed by atoms with Crippen molar-refractivity contribution in [2.75, 3.05) is 18.4 Å². The van der Waals surface area contributed by atoms with Crippen molar-refractivity contribution in [3.63, 3.8) is 0 Å². The van der Waals surface area contributed by atoms with Crippen LogP contribution in [-0.2, 0) is 9.59 Å². The van der Waals surface area contributed by atoms with Crippen LogP contribution < -0.4 is 5.32 Å². The largest absolute Gasteiger partial charge is 0.342 e. The van der Waals surface area contributed by atoms with Crippen molar-refractivity contribution >= 4 is 17.5 Å². The molecular formula is C17H23FN2O2. The molecule has 1 N–H and O–H groups in total. The molecule has 5 heteroatoms. The molecule has 0 saturated carbocycles. The summed E-state index contributed by atoms with van der Waals surface area (Å²) in [5, 5.41) is 2.52. The highest BCUT2D eigenvalue weighted by Gasteiger charge is 2.40. The summed E-state index contributed by atoms with van der Waals surface area (Å²) < 4.78 is 13.6. The molecule has 22 heavy (non-hydrogen) atoms. The zero-order valence-electron chi connectivity index (χ0n) is 13.4. The van der Waals surface area contributed by atoms with Gasteiger partial charge in [0.1, 0.15) is 11.2 Å². The Bertz CT molecular complexity index is 564. The maximum absolute atomic E-state index is 13.6. The smallest absolute Gasteiger partial charge is 0.239 e. The summed E-state index contributed by atoms with van der Waals surface area (Å²) in [7, 11) is 0. The minimum absolute atomic E-state index is 0.0978. The van der Waals surface area contributed by atoms with Crippen LogP contribution in [0.25, 0.3) is 0 Å². The minimum atomic E-state index is -1.22. The molecule has 1 saturated heterocycles. The Hall–Kier alpha value is -1.91. The lowest BCUT2D eigenvalue weighted by molar-refractivity contribution is -0.147. The van der Waals surface area contributed by atoms with E-state index < -0.39 is 17.1 Å². The van der Waals surface area contributed by atoms with Gasteiger partial charge in [0.15, 0.2) is 0 Å². The van der Waals surface area contributed by atoms with Gasteiger partial charge in [0, 0.05) is 13.1 Å². The molecule has 1 aromatic rings. The Kier molecular flexibility index (Phi) is 4.84. The van der Waals surface area contributed by atoms with Crippen LogP contribution in [0.3, 0.4) is 0 Å². The molecule has 0 atom stereocenters. The van der Waals surface area contributed by atoms with Gasteiger partial charge in [-0.3, -0.25) is 9.59 Å². The van der Waals surface area contributed by atoms with Gasteiger partial charge in [-0.05, 0) is 44.7 Å². The lowest BCUT2D eigenvalue weighted by Gasteiger charge is -2.35. The lowest BCUT2D eigenvalue weighted by atomic mass is 9.88. The number of hydrogen-bond acceptors (Lipinski definition) is 2. The van der Waals surface area contributed by atoms with E-state index in [0.29, 0.717) is 19.0 Å². The molecule has 2 rings (SSSR count). The number of carbonyl (C=O) groups excluding carboxylic acids is 2. The molecular weight excluding hydrogens is 283 g/mol. The first kappa shape index (κ1) is 16.5. The predicted octanol–water partition coefficient (Wildman–Crippen LogP) is 3.05. The number of anilines is 1. The number of benzene rings is 1. The Labute approximate surface area is 130 Å². The first-order chi connectivity index (χ1) is 10.3. The van der Waals surface area contributed by atoms with Crippen molar-refractivity contribution in [2.45, 2.75) is 33.6 Å². The molecule has 120 valence electrons. The molecule has 1 fully saturated rings. The van der Waals surface area contributed by atoms with Crippen molar-refractivity contribution in [2.24, 2.45) is 11.3 Å². The third-order valence-corrected chi connectivity index (χ3v) is 4.30. The van der Waals surface area contributed by atoms with Gasteiger partial charge in [0.25, 0.3) is 0 Å². The highest BCUT2D eigenvalue weighted by molar-refractivity contribution is 6.09. The zero-order valence-corrected chi connectivity index (χ0v) is 13.4. The van der Waals surface area contributed by atoms with Crippen LogP contribution in [-0.4, -0.2) is 29.8 Å². The van der Waals surface area contributed by atoms with Gasteiger partial charge < -0.3 is 10.2 Å². The normalized spacial score (nSPS) is 16.5. The second-order valence-corrected chi connectivity index (χ2v) is 6.53. The fourth-order valence-electron chi connectivity index (χ4n) is 2.55. The maximum Gasteiger partial charge on any atom is 0.239 e. The first-order valence-corrected chi connectivity index (χ1v) is 7.67. The summed E-state index contributed by atoms with van der Waals surface area (Å²) in [4.78, 5) is 26.8. The topological polar surface area (TPSA) is 49.4 Å². The summed E-state index contributed by atoms with van der Waals surface area (Å²) >= 11 is 0. The minimum Gasteiger partial charge on any atom is -0.342 e. The average molecular weight is 306 g/mol. The van der Waals surface area contributed by atoms with Crippen molar-refractivity contribution in [3.8, 4) is 0 Å². The molecule has 0 spiro atoms. The average Bonchev–Trinajstić information content (AvgIpc) is 2.49.